The number of nitrogens with zero attached hydrogens (tertiary/aromatic N) is 3. The highest BCUT2D eigenvalue weighted by Gasteiger charge is 2.38. The first-order chi connectivity index (χ1) is 12.1. The smallest absolute Gasteiger partial charge is 0.128 e. The average Bonchev–Trinajstić information content (AvgIpc) is 2.89. The number of rotatable bonds is 7. The number of likely N-dealkylation sites (tertiary alicyclic amines) is 1. The molecule has 0 aliphatic carbocycles. The van der Waals surface area contributed by atoms with E-state index in [1.54, 1.807) is 0 Å². The Morgan fingerprint density at radius 2 is 1.92 bits per heavy atom. The fourth-order valence-corrected chi connectivity index (χ4v) is 3.57. The molecule has 2 heterocycles. The zero-order valence-corrected chi connectivity index (χ0v) is 15.7. The third kappa shape index (κ3) is 4.39. The first kappa shape index (κ1) is 17.9. The molecule has 0 spiro atoms. The molecule has 0 bridgehead atoms. The van der Waals surface area contributed by atoms with Crippen molar-refractivity contribution in [1.82, 2.24) is 15.2 Å². The summed E-state index contributed by atoms with van der Waals surface area (Å²) in [6.07, 6.45) is 3.08. The van der Waals surface area contributed by atoms with Gasteiger partial charge in [0.2, 0.25) is 0 Å². The van der Waals surface area contributed by atoms with Gasteiger partial charge in [-0.05, 0) is 51.6 Å². The molecule has 1 saturated heterocycles. The van der Waals surface area contributed by atoms with Crippen molar-refractivity contribution in [3.8, 4) is 0 Å². The molecular weight excluding hydrogens is 308 g/mol. The Balaban J connectivity index is 1.62. The Labute approximate surface area is 151 Å². The topological polar surface area (TPSA) is 31.4 Å². The lowest BCUT2D eigenvalue weighted by Gasteiger charge is -2.34. The average molecular weight is 338 g/mol. The quantitative estimate of drug-likeness (QED) is 0.840. The highest BCUT2D eigenvalue weighted by Crippen LogP contribution is 2.26. The van der Waals surface area contributed by atoms with Crippen LogP contribution in [0, 0.1) is 0 Å². The van der Waals surface area contributed by atoms with Gasteiger partial charge in [-0.25, -0.2) is 4.98 Å². The summed E-state index contributed by atoms with van der Waals surface area (Å²) in [6.45, 7) is 8.62. The first-order valence-corrected chi connectivity index (χ1v) is 9.22. The molecule has 1 aliphatic rings. The zero-order chi connectivity index (χ0) is 17.7. The molecule has 4 heteroatoms. The van der Waals surface area contributed by atoms with E-state index in [1.165, 1.54) is 18.5 Å². The van der Waals surface area contributed by atoms with E-state index in [9.17, 15) is 0 Å². The van der Waals surface area contributed by atoms with Gasteiger partial charge in [0.15, 0.2) is 0 Å². The monoisotopic (exact) mass is 338 g/mol. The summed E-state index contributed by atoms with van der Waals surface area (Å²) in [5.41, 5.74) is 1.53. The number of anilines is 1. The molecule has 0 radical (unpaired) electrons. The molecule has 25 heavy (non-hydrogen) atoms. The van der Waals surface area contributed by atoms with E-state index in [0.717, 1.165) is 25.5 Å². The van der Waals surface area contributed by atoms with Gasteiger partial charge < -0.3 is 10.2 Å². The van der Waals surface area contributed by atoms with Gasteiger partial charge >= 0.3 is 0 Å². The normalized spacial score (nSPS) is 19.9. The summed E-state index contributed by atoms with van der Waals surface area (Å²) < 4.78 is 0. The van der Waals surface area contributed by atoms with E-state index in [1.807, 2.05) is 12.3 Å². The van der Waals surface area contributed by atoms with Crippen LogP contribution in [0.1, 0.15) is 25.8 Å². The van der Waals surface area contributed by atoms with E-state index in [4.69, 9.17) is 0 Å². The minimum atomic E-state index is 0.218. The number of hydrogen-bond donors (Lipinski definition) is 1. The molecule has 0 saturated carbocycles. The number of benzene rings is 1. The molecule has 134 valence electrons. The van der Waals surface area contributed by atoms with Gasteiger partial charge in [0.1, 0.15) is 5.82 Å². The lowest BCUT2D eigenvalue weighted by atomic mass is 9.96. The van der Waals surface area contributed by atoms with E-state index < -0.39 is 0 Å². The van der Waals surface area contributed by atoms with Crippen LogP contribution >= 0.6 is 0 Å². The summed E-state index contributed by atoms with van der Waals surface area (Å²) in [5.74, 6) is 1.04. The van der Waals surface area contributed by atoms with E-state index in [-0.39, 0.29) is 5.54 Å². The molecule has 1 N–H and O–H groups in total. The highest BCUT2D eigenvalue weighted by molar-refractivity contribution is 5.39. The molecule has 2 aromatic rings. The van der Waals surface area contributed by atoms with Gasteiger partial charge in [0.25, 0.3) is 0 Å². The maximum Gasteiger partial charge on any atom is 0.128 e. The number of likely N-dealkylation sites (N-methyl/N-ethyl adjacent to an activating group) is 1. The Bertz CT molecular complexity index is 641. The van der Waals surface area contributed by atoms with Crippen LogP contribution < -0.4 is 10.2 Å². The van der Waals surface area contributed by atoms with Gasteiger partial charge in [-0.15, -0.1) is 0 Å². The Morgan fingerprint density at radius 3 is 2.56 bits per heavy atom. The second-order valence-electron chi connectivity index (χ2n) is 7.47. The van der Waals surface area contributed by atoms with Crippen molar-refractivity contribution in [3.63, 3.8) is 0 Å². The predicted molar refractivity (Wildman–Crippen MR) is 105 cm³/mol. The van der Waals surface area contributed by atoms with Gasteiger partial charge in [-0.3, -0.25) is 4.90 Å². The van der Waals surface area contributed by atoms with Crippen molar-refractivity contribution in [1.29, 1.82) is 0 Å². The number of nitrogens with one attached hydrogen (secondary N) is 1. The van der Waals surface area contributed by atoms with Crippen molar-refractivity contribution in [2.24, 2.45) is 0 Å². The molecule has 4 nitrogen and oxygen atoms in total. The third-order valence-electron chi connectivity index (χ3n) is 5.55. The largest absolute Gasteiger partial charge is 0.351 e. The fourth-order valence-electron chi connectivity index (χ4n) is 3.57. The summed E-state index contributed by atoms with van der Waals surface area (Å²) in [7, 11) is 2.22. The molecule has 1 aromatic carbocycles. The van der Waals surface area contributed by atoms with Gasteiger partial charge in [0.05, 0.1) is 0 Å². The van der Waals surface area contributed by atoms with E-state index in [0.29, 0.717) is 6.04 Å². The first-order valence-electron chi connectivity index (χ1n) is 9.22. The fraction of sp³-hybridized carbons (Fsp3) is 0.476. The standard InChI is InChI=1S/C21H30N4/c1-21(2)19(12-15-24(21)3)22-14-16-25(20-11-7-8-13-23-20)17-18-9-5-4-6-10-18/h4-11,13,19,22H,12,14-17H2,1-3H3. The van der Waals surface area contributed by atoms with Crippen LogP contribution in [0.4, 0.5) is 5.82 Å². The van der Waals surface area contributed by atoms with Crippen molar-refractivity contribution in [3.05, 3.63) is 60.3 Å². The number of aromatic nitrogens is 1. The maximum absolute atomic E-state index is 4.56. The van der Waals surface area contributed by atoms with Crippen molar-refractivity contribution in [2.75, 3.05) is 31.6 Å². The summed E-state index contributed by atoms with van der Waals surface area (Å²) in [6, 6.07) is 17.3. The van der Waals surface area contributed by atoms with Crippen molar-refractivity contribution >= 4 is 5.82 Å². The Morgan fingerprint density at radius 1 is 1.16 bits per heavy atom. The maximum atomic E-state index is 4.56. The van der Waals surface area contributed by atoms with Crippen molar-refractivity contribution in [2.45, 2.75) is 38.4 Å². The Kier molecular flexibility index (Phi) is 5.71. The summed E-state index contributed by atoms with van der Waals surface area (Å²) in [5, 5.41) is 3.78. The third-order valence-corrected chi connectivity index (χ3v) is 5.55. The van der Waals surface area contributed by atoms with E-state index >= 15 is 0 Å². The molecule has 0 amide bonds. The van der Waals surface area contributed by atoms with E-state index in [2.05, 4.69) is 83.5 Å². The van der Waals surface area contributed by atoms with Crippen molar-refractivity contribution < 1.29 is 0 Å². The van der Waals surface area contributed by atoms with Crippen LogP contribution in [0.2, 0.25) is 0 Å². The van der Waals surface area contributed by atoms with Crippen LogP contribution in [0.15, 0.2) is 54.7 Å². The minimum Gasteiger partial charge on any atom is -0.351 e. The molecule has 1 aromatic heterocycles. The van der Waals surface area contributed by atoms with Crippen LogP contribution in [0.5, 0.6) is 0 Å². The van der Waals surface area contributed by atoms with Gasteiger partial charge in [-0.1, -0.05) is 36.4 Å². The zero-order valence-electron chi connectivity index (χ0n) is 15.7. The summed E-state index contributed by atoms with van der Waals surface area (Å²) in [4.78, 5) is 9.36. The highest BCUT2D eigenvalue weighted by atomic mass is 15.2. The minimum absolute atomic E-state index is 0.218. The predicted octanol–water partition coefficient (Wildman–Crippen LogP) is 3.16. The molecule has 1 aliphatic heterocycles. The second kappa shape index (κ2) is 7.98. The van der Waals surface area contributed by atoms with Crippen LogP contribution in [-0.2, 0) is 6.54 Å². The molecular formula is C21H30N4. The van der Waals surface area contributed by atoms with Crippen LogP contribution in [0.3, 0.4) is 0 Å². The van der Waals surface area contributed by atoms with Crippen LogP contribution in [-0.4, -0.2) is 48.1 Å². The Hall–Kier alpha value is -1.91. The second-order valence-corrected chi connectivity index (χ2v) is 7.47. The molecule has 1 fully saturated rings. The van der Waals surface area contributed by atoms with Gasteiger partial charge in [0, 0.05) is 37.4 Å². The molecule has 1 unspecified atom stereocenters. The number of pyridine rings is 1. The SMILES string of the molecule is CN1CCC(NCCN(Cc2ccccc2)c2ccccn2)C1(C)C. The lowest BCUT2D eigenvalue weighted by molar-refractivity contribution is 0.187. The number of hydrogen-bond acceptors (Lipinski definition) is 4. The molecule has 1 atom stereocenters. The molecule has 3 rings (SSSR count). The lowest BCUT2D eigenvalue weighted by Crippen LogP contribution is -2.50. The van der Waals surface area contributed by atoms with Crippen LogP contribution in [0.25, 0.3) is 0 Å². The van der Waals surface area contributed by atoms with Gasteiger partial charge in [-0.2, -0.15) is 0 Å². The summed E-state index contributed by atoms with van der Waals surface area (Å²) >= 11 is 0.